The molecule has 0 radical (unpaired) electrons. The van der Waals surface area contributed by atoms with Gasteiger partial charge >= 0.3 is 0 Å². The first-order chi connectivity index (χ1) is 10.3. The van der Waals surface area contributed by atoms with Gasteiger partial charge in [0, 0.05) is 20.1 Å². The lowest BCUT2D eigenvalue weighted by Gasteiger charge is -2.31. The number of rotatable bonds is 10. The van der Waals surface area contributed by atoms with Crippen LogP contribution in [0.15, 0.2) is 24.3 Å². The van der Waals surface area contributed by atoms with Crippen molar-refractivity contribution in [2.75, 3.05) is 21.3 Å². The quantitative estimate of drug-likeness (QED) is 0.454. The number of hydrogen-bond acceptors (Lipinski definition) is 3. The molecular weight excluding hydrogens is 278 g/mol. The SMILES string of the molecule is C=CC(C)C(OC)C(C(=O)N(C)OC)/C(C)=C/CCC(C)C. The summed E-state index contributed by atoms with van der Waals surface area (Å²) in [6.45, 7) is 12.2. The number of hydrogen-bond donors (Lipinski definition) is 0. The van der Waals surface area contributed by atoms with Crippen molar-refractivity contribution in [2.24, 2.45) is 17.8 Å². The lowest BCUT2D eigenvalue weighted by atomic mass is 9.85. The molecule has 22 heavy (non-hydrogen) atoms. The van der Waals surface area contributed by atoms with Gasteiger partial charge in [0.1, 0.15) is 0 Å². The van der Waals surface area contributed by atoms with Gasteiger partial charge in [0.25, 0.3) is 5.91 Å². The fourth-order valence-electron chi connectivity index (χ4n) is 2.44. The first-order valence-corrected chi connectivity index (χ1v) is 7.93. The van der Waals surface area contributed by atoms with Gasteiger partial charge in [-0.2, -0.15) is 0 Å². The maximum absolute atomic E-state index is 12.7. The number of carbonyl (C=O) groups is 1. The van der Waals surface area contributed by atoms with Crippen LogP contribution in [0.25, 0.3) is 0 Å². The number of carbonyl (C=O) groups excluding carboxylic acids is 1. The van der Waals surface area contributed by atoms with E-state index in [4.69, 9.17) is 9.57 Å². The van der Waals surface area contributed by atoms with Crippen molar-refractivity contribution in [3.63, 3.8) is 0 Å². The second kappa shape index (κ2) is 10.6. The lowest BCUT2D eigenvalue weighted by molar-refractivity contribution is -0.176. The monoisotopic (exact) mass is 311 g/mol. The maximum Gasteiger partial charge on any atom is 0.255 e. The van der Waals surface area contributed by atoms with Crippen molar-refractivity contribution in [3.05, 3.63) is 24.3 Å². The van der Waals surface area contributed by atoms with E-state index in [1.807, 2.05) is 19.9 Å². The number of nitrogens with zero attached hydrogens (tertiary/aromatic N) is 1. The van der Waals surface area contributed by atoms with Gasteiger partial charge in [-0.1, -0.05) is 38.5 Å². The van der Waals surface area contributed by atoms with Crippen LogP contribution in [0.4, 0.5) is 0 Å². The number of ether oxygens (including phenoxy) is 1. The summed E-state index contributed by atoms with van der Waals surface area (Å²) in [5, 5.41) is 1.27. The largest absolute Gasteiger partial charge is 0.380 e. The highest BCUT2D eigenvalue weighted by Crippen LogP contribution is 2.27. The third-order valence-corrected chi connectivity index (χ3v) is 4.04. The Balaban J connectivity index is 5.39. The van der Waals surface area contributed by atoms with Gasteiger partial charge in [0.2, 0.25) is 0 Å². The van der Waals surface area contributed by atoms with Gasteiger partial charge in [0.05, 0.1) is 19.1 Å². The molecule has 0 saturated carbocycles. The van der Waals surface area contributed by atoms with E-state index in [0.29, 0.717) is 5.92 Å². The average Bonchev–Trinajstić information content (AvgIpc) is 2.49. The minimum Gasteiger partial charge on any atom is -0.380 e. The highest BCUT2D eigenvalue weighted by atomic mass is 16.7. The summed E-state index contributed by atoms with van der Waals surface area (Å²) >= 11 is 0. The number of allylic oxidation sites excluding steroid dienone is 1. The van der Waals surface area contributed by atoms with Crippen LogP contribution in [0.3, 0.4) is 0 Å². The Bertz CT molecular complexity index is 377. The standard InChI is InChI=1S/C18H33NO3/c1-9-14(4)17(21-7)16(18(20)19(6)22-8)15(5)12-10-11-13(2)3/h9,12-14,16-17H,1,10-11H2,2-8H3/b15-12+. The van der Waals surface area contributed by atoms with Crippen LogP contribution in [-0.2, 0) is 14.4 Å². The van der Waals surface area contributed by atoms with Crippen molar-refractivity contribution < 1.29 is 14.4 Å². The average molecular weight is 311 g/mol. The second-order valence-electron chi connectivity index (χ2n) is 6.21. The third-order valence-electron chi connectivity index (χ3n) is 4.04. The van der Waals surface area contributed by atoms with E-state index >= 15 is 0 Å². The summed E-state index contributed by atoms with van der Waals surface area (Å²) in [6.07, 6.45) is 5.78. The molecule has 0 spiro atoms. The molecule has 0 rings (SSSR count). The summed E-state index contributed by atoms with van der Waals surface area (Å²) < 4.78 is 5.61. The Kier molecular flexibility index (Phi) is 10.0. The lowest BCUT2D eigenvalue weighted by Crippen LogP contribution is -2.42. The Labute approximate surface area is 136 Å². The zero-order valence-electron chi connectivity index (χ0n) is 15.3. The molecule has 0 aromatic heterocycles. The molecule has 4 nitrogen and oxygen atoms in total. The van der Waals surface area contributed by atoms with Crippen LogP contribution in [0.2, 0.25) is 0 Å². The van der Waals surface area contributed by atoms with Crippen molar-refractivity contribution in [1.29, 1.82) is 0 Å². The highest BCUT2D eigenvalue weighted by Gasteiger charge is 2.34. The van der Waals surface area contributed by atoms with Crippen LogP contribution in [0, 0.1) is 17.8 Å². The Morgan fingerprint density at radius 3 is 2.27 bits per heavy atom. The van der Waals surface area contributed by atoms with Crippen molar-refractivity contribution in [1.82, 2.24) is 5.06 Å². The Morgan fingerprint density at radius 2 is 1.86 bits per heavy atom. The van der Waals surface area contributed by atoms with E-state index in [1.54, 1.807) is 14.2 Å². The summed E-state index contributed by atoms with van der Waals surface area (Å²) in [7, 11) is 4.76. The van der Waals surface area contributed by atoms with Gasteiger partial charge in [0.15, 0.2) is 0 Å². The van der Waals surface area contributed by atoms with Crippen LogP contribution in [0.1, 0.15) is 40.5 Å². The molecule has 0 N–H and O–H groups in total. The predicted molar refractivity (Wildman–Crippen MR) is 91.3 cm³/mol. The molecule has 0 fully saturated rings. The second-order valence-corrected chi connectivity index (χ2v) is 6.21. The van der Waals surface area contributed by atoms with E-state index in [0.717, 1.165) is 18.4 Å². The van der Waals surface area contributed by atoms with E-state index in [9.17, 15) is 4.79 Å². The molecule has 4 heteroatoms. The van der Waals surface area contributed by atoms with E-state index in [1.165, 1.54) is 12.2 Å². The Morgan fingerprint density at radius 1 is 1.27 bits per heavy atom. The molecule has 0 saturated heterocycles. The zero-order chi connectivity index (χ0) is 17.3. The van der Waals surface area contributed by atoms with Crippen molar-refractivity contribution in [3.8, 4) is 0 Å². The molecule has 0 aliphatic carbocycles. The minimum atomic E-state index is -0.366. The van der Waals surface area contributed by atoms with E-state index in [-0.39, 0.29) is 23.8 Å². The van der Waals surface area contributed by atoms with Gasteiger partial charge in [-0.3, -0.25) is 9.63 Å². The number of methoxy groups -OCH3 is 1. The molecule has 0 bridgehead atoms. The third kappa shape index (κ3) is 6.32. The van der Waals surface area contributed by atoms with Crippen LogP contribution in [-0.4, -0.2) is 38.3 Å². The molecule has 0 aliphatic rings. The van der Waals surface area contributed by atoms with Gasteiger partial charge in [-0.25, -0.2) is 5.06 Å². The molecule has 0 aliphatic heterocycles. The highest BCUT2D eigenvalue weighted by molar-refractivity contribution is 5.81. The first kappa shape index (κ1) is 20.9. The predicted octanol–water partition coefficient (Wildman–Crippen LogP) is 3.84. The summed E-state index contributed by atoms with van der Waals surface area (Å²) in [5.74, 6) is 0.249. The van der Waals surface area contributed by atoms with Crippen LogP contribution in [0.5, 0.6) is 0 Å². The summed E-state index contributed by atoms with van der Waals surface area (Å²) in [6, 6.07) is 0. The normalized spacial score (nSPS) is 16.3. The molecule has 3 atom stereocenters. The smallest absolute Gasteiger partial charge is 0.255 e. The topological polar surface area (TPSA) is 38.8 Å². The van der Waals surface area contributed by atoms with Crippen molar-refractivity contribution >= 4 is 5.91 Å². The molecule has 0 aromatic rings. The number of hydroxylamine groups is 2. The molecule has 1 amide bonds. The summed E-state index contributed by atoms with van der Waals surface area (Å²) in [5.41, 5.74) is 1.02. The fourth-order valence-corrected chi connectivity index (χ4v) is 2.44. The molecule has 0 aromatic carbocycles. The van der Waals surface area contributed by atoms with Gasteiger partial charge in [-0.05, 0) is 25.7 Å². The fraction of sp³-hybridized carbons (Fsp3) is 0.722. The first-order valence-electron chi connectivity index (χ1n) is 7.93. The Hall–Kier alpha value is -1.13. The molecule has 3 unspecified atom stereocenters. The van der Waals surface area contributed by atoms with Crippen LogP contribution < -0.4 is 0 Å². The van der Waals surface area contributed by atoms with Crippen LogP contribution >= 0.6 is 0 Å². The minimum absolute atomic E-state index is 0.0673. The zero-order valence-corrected chi connectivity index (χ0v) is 15.3. The maximum atomic E-state index is 12.7. The van der Waals surface area contributed by atoms with Crippen molar-refractivity contribution in [2.45, 2.75) is 46.6 Å². The molecule has 128 valence electrons. The van der Waals surface area contributed by atoms with E-state index < -0.39 is 0 Å². The van der Waals surface area contributed by atoms with Gasteiger partial charge in [-0.15, -0.1) is 6.58 Å². The number of amides is 1. The summed E-state index contributed by atoms with van der Waals surface area (Å²) in [4.78, 5) is 17.7. The van der Waals surface area contributed by atoms with E-state index in [2.05, 4.69) is 26.5 Å². The molecular formula is C18H33NO3. The molecule has 0 heterocycles. The van der Waals surface area contributed by atoms with Gasteiger partial charge < -0.3 is 4.74 Å².